The van der Waals surface area contributed by atoms with Gasteiger partial charge in [0.15, 0.2) is 0 Å². The van der Waals surface area contributed by atoms with Crippen LogP contribution >= 0.6 is 0 Å². The lowest BCUT2D eigenvalue weighted by Crippen LogP contribution is -2.18. The van der Waals surface area contributed by atoms with Crippen molar-refractivity contribution in [1.82, 2.24) is 5.32 Å². The van der Waals surface area contributed by atoms with Crippen molar-refractivity contribution in [2.24, 2.45) is 0 Å². The number of carbonyl (C=O) groups excluding carboxylic acids is 1. The quantitative estimate of drug-likeness (QED) is 0.336. The average molecular weight is 366 g/mol. The predicted octanol–water partition coefficient (Wildman–Crippen LogP) is 3.30. The Morgan fingerprint density at radius 3 is 2.59 bits per heavy atom. The summed E-state index contributed by atoms with van der Waals surface area (Å²) < 4.78 is 5.11. The minimum atomic E-state index is -0.660. The van der Waals surface area contributed by atoms with Crippen molar-refractivity contribution >= 4 is 17.3 Å². The molecule has 2 aromatic rings. The SMILES string of the molecule is COc1ccc(C(C)N/C=C(/C#N)C(=O)Nc2cccc([N+](=O)[O-])c2)cc1. The molecular formula is C19H18N4O4. The number of amides is 1. The van der Waals surface area contributed by atoms with Gasteiger partial charge in [-0.1, -0.05) is 18.2 Å². The topological polar surface area (TPSA) is 117 Å². The molecular weight excluding hydrogens is 348 g/mol. The van der Waals surface area contributed by atoms with E-state index >= 15 is 0 Å². The molecule has 2 rings (SSSR count). The molecule has 1 atom stereocenters. The van der Waals surface area contributed by atoms with Gasteiger partial charge in [0.25, 0.3) is 11.6 Å². The van der Waals surface area contributed by atoms with Crippen molar-refractivity contribution in [3.8, 4) is 11.8 Å². The molecule has 1 unspecified atom stereocenters. The van der Waals surface area contributed by atoms with Gasteiger partial charge in [-0.3, -0.25) is 14.9 Å². The fourth-order valence-corrected chi connectivity index (χ4v) is 2.24. The fraction of sp³-hybridized carbons (Fsp3) is 0.158. The predicted molar refractivity (Wildman–Crippen MR) is 100.0 cm³/mol. The summed E-state index contributed by atoms with van der Waals surface area (Å²) in [6.45, 7) is 1.88. The van der Waals surface area contributed by atoms with E-state index in [1.165, 1.54) is 30.5 Å². The highest BCUT2D eigenvalue weighted by Gasteiger charge is 2.13. The zero-order valence-corrected chi connectivity index (χ0v) is 14.8. The molecule has 2 N–H and O–H groups in total. The molecule has 0 spiro atoms. The first kappa shape index (κ1) is 19.5. The van der Waals surface area contributed by atoms with Gasteiger partial charge in [0, 0.05) is 30.1 Å². The number of anilines is 1. The second-order valence-electron chi connectivity index (χ2n) is 5.59. The number of hydrogen-bond donors (Lipinski definition) is 2. The Balaban J connectivity index is 2.06. The molecule has 0 aliphatic rings. The van der Waals surface area contributed by atoms with Gasteiger partial charge < -0.3 is 15.4 Å². The Morgan fingerprint density at radius 1 is 1.30 bits per heavy atom. The number of hydrogen-bond acceptors (Lipinski definition) is 6. The second-order valence-corrected chi connectivity index (χ2v) is 5.59. The van der Waals surface area contributed by atoms with E-state index in [0.29, 0.717) is 0 Å². The number of nitrogens with one attached hydrogen (secondary N) is 2. The van der Waals surface area contributed by atoms with Crippen LogP contribution in [0.4, 0.5) is 11.4 Å². The lowest BCUT2D eigenvalue weighted by Gasteiger charge is -2.13. The van der Waals surface area contributed by atoms with Crippen molar-refractivity contribution in [2.45, 2.75) is 13.0 Å². The van der Waals surface area contributed by atoms with Crippen LogP contribution in [0.15, 0.2) is 60.3 Å². The van der Waals surface area contributed by atoms with Crippen LogP contribution in [0.1, 0.15) is 18.5 Å². The molecule has 0 fully saturated rings. The van der Waals surface area contributed by atoms with Gasteiger partial charge >= 0.3 is 0 Å². The Kier molecular flexibility index (Phi) is 6.49. The van der Waals surface area contributed by atoms with Gasteiger partial charge in [-0.15, -0.1) is 0 Å². The van der Waals surface area contributed by atoms with Gasteiger partial charge in [0.2, 0.25) is 0 Å². The normalized spacial score (nSPS) is 11.8. The Labute approximate surface area is 156 Å². The number of methoxy groups -OCH3 is 1. The molecule has 2 aromatic carbocycles. The van der Waals surface area contributed by atoms with Crippen molar-refractivity contribution in [1.29, 1.82) is 5.26 Å². The van der Waals surface area contributed by atoms with Crippen LogP contribution in [-0.2, 0) is 4.79 Å². The zero-order valence-electron chi connectivity index (χ0n) is 14.8. The largest absolute Gasteiger partial charge is 0.497 e. The molecule has 0 saturated heterocycles. The van der Waals surface area contributed by atoms with Crippen molar-refractivity contribution in [2.75, 3.05) is 12.4 Å². The fourth-order valence-electron chi connectivity index (χ4n) is 2.24. The maximum atomic E-state index is 12.2. The summed E-state index contributed by atoms with van der Waals surface area (Å²) in [5.41, 5.74) is 0.880. The zero-order chi connectivity index (χ0) is 19.8. The van der Waals surface area contributed by atoms with E-state index in [9.17, 15) is 20.2 Å². The number of nitrogens with zero attached hydrogens (tertiary/aromatic N) is 2. The van der Waals surface area contributed by atoms with Crippen LogP contribution in [-0.4, -0.2) is 17.9 Å². The number of benzene rings is 2. The Hall–Kier alpha value is -3.86. The number of nitriles is 1. The van der Waals surface area contributed by atoms with Gasteiger partial charge in [-0.05, 0) is 30.7 Å². The molecule has 1 amide bonds. The molecule has 8 nitrogen and oxygen atoms in total. The average Bonchev–Trinajstić information content (AvgIpc) is 2.68. The highest BCUT2D eigenvalue weighted by atomic mass is 16.6. The number of non-ortho nitro benzene ring substituents is 1. The van der Waals surface area contributed by atoms with Gasteiger partial charge in [-0.25, -0.2) is 0 Å². The third kappa shape index (κ3) is 5.31. The number of rotatable bonds is 7. The molecule has 0 bridgehead atoms. The first-order valence-electron chi connectivity index (χ1n) is 8.00. The molecule has 0 aliphatic carbocycles. The van der Waals surface area contributed by atoms with Gasteiger partial charge in [0.05, 0.1) is 12.0 Å². The summed E-state index contributed by atoms with van der Waals surface area (Å²) in [5, 5.41) is 25.5. The summed E-state index contributed by atoms with van der Waals surface area (Å²) in [4.78, 5) is 22.5. The van der Waals surface area contributed by atoms with Crippen LogP contribution in [0, 0.1) is 21.4 Å². The number of ether oxygens (including phenoxy) is 1. The van der Waals surface area contributed by atoms with Crippen LogP contribution in [0.3, 0.4) is 0 Å². The van der Waals surface area contributed by atoms with Crippen LogP contribution < -0.4 is 15.4 Å². The van der Waals surface area contributed by atoms with E-state index < -0.39 is 10.8 Å². The number of nitro benzene ring substituents is 1. The number of carbonyl (C=O) groups is 1. The first-order valence-corrected chi connectivity index (χ1v) is 8.00. The lowest BCUT2D eigenvalue weighted by atomic mass is 10.1. The lowest BCUT2D eigenvalue weighted by molar-refractivity contribution is -0.384. The Morgan fingerprint density at radius 2 is 2.00 bits per heavy atom. The monoisotopic (exact) mass is 366 g/mol. The second kappa shape index (κ2) is 9.01. The summed E-state index contributed by atoms with van der Waals surface area (Å²) in [5.74, 6) is 0.0722. The highest BCUT2D eigenvalue weighted by Crippen LogP contribution is 2.19. The highest BCUT2D eigenvalue weighted by molar-refractivity contribution is 6.06. The van der Waals surface area contributed by atoms with Crippen LogP contribution in [0.2, 0.25) is 0 Å². The van der Waals surface area contributed by atoms with E-state index in [1.54, 1.807) is 7.11 Å². The van der Waals surface area contributed by atoms with Crippen molar-refractivity contribution < 1.29 is 14.5 Å². The van der Waals surface area contributed by atoms with Crippen LogP contribution in [0.5, 0.6) is 5.75 Å². The summed E-state index contributed by atoms with van der Waals surface area (Å²) in [7, 11) is 1.58. The molecule has 8 heteroatoms. The third-order valence-corrected chi connectivity index (χ3v) is 3.77. The Bertz CT molecular complexity index is 901. The van der Waals surface area contributed by atoms with E-state index in [2.05, 4.69) is 10.6 Å². The smallest absolute Gasteiger partial charge is 0.271 e. The van der Waals surface area contributed by atoms with Gasteiger partial charge in [0.1, 0.15) is 17.4 Å². The standard InChI is InChI=1S/C19H18N4O4/c1-13(14-6-8-18(27-2)9-7-14)21-12-15(11-20)19(24)22-16-4-3-5-17(10-16)23(25)26/h3-10,12-13,21H,1-2H3,(H,22,24)/b15-12-. The third-order valence-electron chi connectivity index (χ3n) is 3.77. The van der Waals surface area contributed by atoms with Crippen LogP contribution in [0.25, 0.3) is 0 Å². The maximum absolute atomic E-state index is 12.2. The molecule has 0 aromatic heterocycles. The molecule has 138 valence electrons. The van der Waals surface area contributed by atoms with E-state index in [4.69, 9.17) is 4.74 Å². The minimum absolute atomic E-state index is 0.148. The molecule has 0 heterocycles. The summed E-state index contributed by atoms with van der Waals surface area (Å²) in [6, 6.07) is 14.5. The minimum Gasteiger partial charge on any atom is -0.497 e. The number of nitro groups is 1. The first-order chi connectivity index (χ1) is 12.9. The molecule has 0 aliphatic heterocycles. The summed E-state index contributed by atoms with van der Waals surface area (Å²) >= 11 is 0. The maximum Gasteiger partial charge on any atom is 0.271 e. The van der Waals surface area contributed by atoms with Gasteiger partial charge in [-0.2, -0.15) is 5.26 Å². The summed E-state index contributed by atoms with van der Waals surface area (Å²) in [6.07, 6.45) is 1.32. The van der Waals surface area contributed by atoms with E-state index in [1.807, 2.05) is 37.3 Å². The molecule has 0 saturated carbocycles. The van der Waals surface area contributed by atoms with E-state index in [0.717, 1.165) is 11.3 Å². The molecule has 27 heavy (non-hydrogen) atoms. The van der Waals surface area contributed by atoms with Crippen molar-refractivity contribution in [3.63, 3.8) is 0 Å². The van der Waals surface area contributed by atoms with E-state index in [-0.39, 0.29) is 23.0 Å². The molecule has 0 radical (unpaired) electrons. The van der Waals surface area contributed by atoms with Crippen molar-refractivity contribution in [3.05, 3.63) is 76.0 Å².